The van der Waals surface area contributed by atoms with Gasteiger partial charge < -0.3 is 9.47 Å². The SMILES string of the molecule is CCC(C)(C)C(=O)OC12CC3CC(C1)CC(C(=O)OC)(C3)C2. The van der Waals surface area contributed by atoms with Crippen LogP contribution in [0.3, 0.4) is 0 Å². The molecule has 0 aliphatic heterocycles. The lowest BCUT2D eigenvalue weighted by Gasteiger charge is -2.60. The van der Waals surface area contributed by atoms with Crippen molar-refractivity contribution in [2.45, 2.75) is 71.3 Å². The van der Waals surface area contributed by atoms with E-state index < -0.39 is 16.4 Å². The Labute approximate surface area is 132 Å². The quantitative estimate of drug-likeness (QED) is 0.746. The zero-order chi connectivity index (χ0) is 16.2. The van der Waals surface area contributed by atoms with Gasteiger partial charge in [0.15, 0.2) is 0 Å². The molecule has 4 bridgehead atoms. The van der Waals surface area contributed by atoms with Crippen LogP contribution in [0.15, 0.2) is 0 Å². The lowest BCUT2D eigenvalue weighted by molar-refractivity contribution is -0.216. The average Bonchev–Trinajstić information content (AvgIpc) is 2.44. The highest BCUT2D eigenvalue weighted by Crippen LogP contribution is 2.63. The van der Waals surface area contributed by atoms with Crippen LogP contribution in [0.25, 0.3) is 0 Å². The van der Waals surface area contributed by atoms with E-state index in [-0.39, 0.29) is 11.9 Å². The molecule has 4 saturated carbocycles. The van der Waals surface area contributed by atoms with Crippen LogP contribution in [-0.4, -0.2) is 24.6 Å². The number of carbonyl (C=O) groups is 2. The van der Waals surface area contributed by atoms with Gasteiger partial charge in [0.05, 0.1) is 17.9 Å². The summed E-state index contributed by atoms with van der Waals surface area (Å²) in [6, 6.07) is 0. The first-order valence-corrected chi connectivity index (χ1v) is 8.56. The van der Waals surface area contributed by atoms with Crippen LogP contribution in [0.4, 0.5) is 0 Å². The normalized spacial score (nSPS) is 39.6. The lowest BCUT2D eigenvalue weighted by Crippen LogP contribution is -2.60. The summed E-state index contributed by atoms with van der Waals surface area (Å²) in [5.41, 5.74) is -1.29. The number of hydrogen-bond donors (Lipinski definition) is 0. The Morgan fingerprint density at radius 1 is 1.14 bits per heavy atom. The monoisotopic (exact) mass is 308 g/mol. The first-order valence-electron chi connectivity index (χ1n) is 8.56. The van der Waals surface area contributed by atoms with E-state index in [0.29, 0.717) is 18.3 Å². The van der Waals surface area contributed by atoms with Crippen molar-refractivity contribution >= 4 is 11.9 Å². The minimum Gasteiger partial charge on any atom is -0.469 e. The Kier molecular flexibility index (Phi) is 3.57. The van der Waals surface area contributed by atoms with Gasteiger partial charge in [-0.05, 0) is 64.2 Å². The minimum atomic E-state index is -0.457. The van der Waals surface area contributed by atoms with Gasteiger partial charge in [0, 0.05) is 6.42 Å². The molecular formula is C18H28O4. The van der Waals surface area contributed by atoms with E-state index in [2.05, 4.69) is 0 Å². The van der Waals surface area contributed by atoms with E-state index in [0.717, 1.165) is 32.1 Å². The van der Waals surface area contributed by atoms with E-state index in [1.165, 1.54) is 13.5 Å². The van der Waals surface area contributed by atoms with Crippen molar-refractivity contribution in [1.82, 2.24) is 0 Å². The second kappa shape index (κ2) is 4.97. The smallest absolute Gasteiger partial charge is 0.312 e. The maximum atomic E-state index is 12.6. The molecule has 2 unspecified atom stereocenters. The molecule has 4 fully saturated rings. The van der Waals surface area contributed by atoms with Crippen LogP contribution in [0.5, 0.6) is 0 Å². The van der Waals surface area contributed by atoms with Crippen LogP contribution in [0.2, 0.25) is 0 Å². The number of methoxy groups -OCH3 is 1. The third kappa shape index (κ3) is 2.35. The second-order valence-electron chi connectivity index (χ2n) is 8.54. The van der Waals surface area contributed by atoms with Gasteiger partial charge >= 0.3 is 11.9 Å². The Bertz CT molecular complexity index is 479. The number of ether oxygens (including phenoxy) is 2. The van der Waals surface area contributed by atoms with Gasteiger partial charge in [-0.25, -0.2) is 0 Å². The minimum absolute atomic E-state index is 0.100. The van der Waals surface area contributed by atoms with Crippen LogP contribution < -0.4 is 0 Å². The highest BCUT2D eigenvalue weighted by Gasteiger charge is 2.63. The molecular weight excluding hydrogens is 280 g/mol. The number of rotatable bonds is 4. The van der Waals surface area contributed by atoms with E-state index in [1.807, 2.05) is 20.8 Å². The molecule has 0 radical (unpaired) electrons. The molecule has 0 N–H and O–H groups in total. The predicted octanol–water partition coefficient (Wildman–Crippen LogP) is 3.48. The van der Waals surface area contributed by atoms with Crippen molar-refractivity contribution in [3.05, 3.63) is 0 Å². The first-order chi connectivity index (χ1) is 10.2. The number of esters is 2. The molecule has 4 nitrogen and oxygen atoms in total. The molecule has 2 atom stereocenters. The van der Waals surface area contributed by atoms with Gasteiger partial charge in [0.25, 0.3) is 0 Å². The van der Waals surface area contributed by atoms with Crippen LogP contribution >= 0.6 is 0 Å². The molecule has 0 aromatic heterocycles. The van der Waals surface area contributed by atoms with Gasteiger partial charge in [-0.15, -0.1) is 0 Å². The molecule has 0 heterocycles. The Morgan fingerprint density at radius 3 is 2.23 bits per heavy atom. The fourth-order valence-corrected chi connectivity index (χ4v) is 5.23. The molecule has 0 saturated heterocycles. The van der Waals surface area contributed by atoms with Gasteiger partial charge in [-0.2, -0.15) is 0 Å². The third-order valence-corrected chi connectivity index (χ3v) is 6.37. The van der Waals surface area contributed by atoms with Crippen molar-refractivity contribution in [2.75, 3.05) is 7.11 Å². The number of carbonyl (C=O) groups excluding carboxylic acids is 2. The molecule has 4 rings (SSSR count). The third-order valence-electron chi connectivity index (χ3n) is 6.37. The van der Waals surface area contributed by atoms with Gasteiger partial charge in [-0.3, -0.25) is 9.59 Å². The van der Waals surface area contributed by atoms with Crippen molar-refractivity contribution in [3.63, 3.8) is 0 Å². The maximum absolute atomic E-state index is 12.6. The zero-order valence-corrected chi connectivity index (χ0v) is 14.2. The highest BCUT2D eigenvalue weighted by atomic mass is 16.6. The van der Waals surface area contributed by atoms with Crippen molar-refractivity contribution in [2.24, 2.45) is 22.7 Å². The van der Waals surface area contributed by atoms with Gasteiger partial charge in [0.2, 0.25) is 0 Å². The summed E-state index contributed by atoms with van der Waals surface area (Å²) in [7, 11) is 1.47. The maximum Gasteiger partial charge on any atom is 0.312 e. The molecule has 0 amide bonds. The van der Waals surface area contributed by atoms with Crippen LogP contribution in [-0.2, 0) is 19.1 Å². The number of hydrogen-bond acceptors (Lipinski definition) is 4. The van der Waals surface area contributed by atoms with E-state index >= 15 is 0 Å². The summed E-state index contributed by atoms with van der Waals surface area (Å²) in [6.07, 6.45) is 6.26. The summed E-state index contributed by atoms with van der Waals surface area (Å²) in [4.78, 5) is 25.0. The van der Waals surface area contributed by atoms with Gasteiger partial charge in [-0.1, -0.05) is 6.92 Å². The highest BCUT2D eigenvalue weighted by molar-refractivity contribution is 5.79. The first kappa shape index (κ1) is 15.8. The molecule has 22 heavy (non-hydrogen) atoms. The summed E-state index contributed by atoms with van der Waals surface area (Å²) >= 11 is 0. The van der Waals surface area contributed by atoms with E-state index in [9.17, 15) is 9.59 Å². The molecule has 124 valence electrons. The van der Waals surface area contributed by atoms with E-state index in [4.69, 9.17) is 9.47 Å². The predicted molar refractivity (Wildman–Crippen MR) is 82.0 cm³/mol. The Balaban J connectivity index is 1.85. The second-order valence-corrected chi connectivity index (χ2v) is 8.54. The molecule has 0 aromatic rings. The molecule has 4 aliphatic carbocycles. The summed E-state index contributed by atoms with van der Waals surface area (Å²) in [5, 5.41) is 0. The van der Waals surface area contributed by atoms with Crippen molar-refractivity contribution in [3.8, 4) is 0 Å². The molecule has 0 aromatic carbocycles. The van der Waals surface area contributed by atoms with Crippen LogP contribution in [0.1, 0.15) is 65.7 Å². The molecule has 0 spiro atoms. The summed E-state index contributed by atoms with van der Waals surface area (Å²) in [5.74, 6) is 0.782. The topological polar surface area (TPSA) is 52.6 Å². The zero-order valence-electron chi connectivity index (χ0n) is 14.2. The van der Waals surface area contributed by atoms with Crippen molar-refractivity contribution in [1.29, 1.82) is 0 Å². The summed E-state index contributed by atoms with van der Waals surface area (Å²) in [6.45, 7) is 5.88. The van der Waals surface area contributed by atoms with Crippen molar-refractivity contribution < 1.29 is 19.1 Å². The average molecular weight is 308 g/mol. The van der Waals surface area contributed by atoms with Gasteiger partial charge in [0.1, 0.15) is 5.60 Å². The molecule has 4 aliphatic rings. The lowest BCUT2D eigenvalue weighted by atomic mass is 9.48. The Hall–Kier alpha value is -1.06. The molecule has 4 heteroatoms. The van der Waals surface area contributed by atoms with E-state index in [1.54, 1.807) is 0 Å². The standard InChI is InChI=1S/C18H28O4/c1-5-16(2,3)14(19)22-18-9-12-6-13(10-18)8-17(7-12,11-18)15(20)21-4/h12-13H,5-11H2,1-4H3. The summed E-state index contributed by atoms with van der Waals surface area (Å²) < 4.78 is 11.2. The Morgan fingerprint density at radius 2 is 1.73 bits per heavy atom. The fourth-order valence-electron chi connectivity index (χ4n) is 5.23. The largest absolute Gasteiger partial charge is 0.469 e. The fraction of sp³-hybridized carbons (Fsp3) is 0.889. The van der Waals surface area contributed by atoms with Crippen LogP contribution in [0, 0.1) is 22.7 Å².